The van der Waals surface area contributed by atoms with Crippen LogP contribution in [0.15, 0.2) is 24.3 Å². The number of fused-ring (bicyclic) bond motifs is 5. The highest BCUT2D eigenvalue weighted by molar-refractivity contribution is 5.93. The summed E-state index contributed by atoms with van der Waals surface area (Å²) in [6, 6.07) is 9.21. The van der Waals surface area contributed by atoms with Crippen molar-refractivity contribution in [1.82, 2.24) is 4.90 Å². The summed E-state index contributed by atoms with van der Waals surface area (Å²) in [5.41, 5.74) is 2.50. The van der Waals surface area contributed by atoms with Crippen LogP contribution in [0.1, 0.15) is 30.7 Å². The second-order valence-electron chi connectivity index (χ2n) is 5.73. The van der Waals surface area contributed by atoms with E-state index in [0.717, 1.165) is 6.54 Å². The Hall–Kier alpha value is -1.51. The van der Waals surface area contributed by atoms with Gasteiger partial charge in [-0.15, -0.1) is 0 Å². The molecule has 0 saturated carbocycles. The summed E-state index contributed by atoms with van der Waals surface area (Å²) in [5.74, 6) is 0.454. The Bertz CT molecular complexity index is 513. The van der Waals surface area contributed by atoms with Crippen LogP contribution in [-0.4, -0.2) is 36.5 Å². The van der Waals surface area contributed by atoms with Crippen molar-refractivity contribution >= 4 is 11.6 Å². The first-order valence-electron chi connectivity index (χ1n) is 6.91. The molecule has 0 spiro atoms. The third kappa shape index (κ3) is 1.12. The molecule has 2 unspecified atom stereocenters. The first-order chi connectivity index (χ1) is 8.79. The van der Waals surface area contributed by atoms with Crippen LogP contribution in [0, 0.1) is 0 Å². The zero-order valence-electron chi connectivity index (χ0n) is 10.7. The summed E-state index contributed by atoms with van der Waals surface area (Å²) in [6.07, 6.45) is 3.61. The summed E-state index contributed by atoms with van der Waals surface area (Å²) in [6.45, 7) is 0.965. The molecule has 1 aromatic carbocycles. The third-order valence-electron chi connectivity index (χ3n) is 4.93. The zero-order chi connectivity index (χ0) is 12.3. The summed E-state index contributed by atoms with van der Waals surface area (Å²) in [5, 5.41) is 0. The van der Waals surface area contributed by atoms with Gasteiger partial charge in [-0.25, -0.2) is 0 Å². The van der Waals surface area contributed by atoms with Crippen LogP contribution < -0.4 is 4.90 Å². The number of rotatable bonds is 0. The SMILES string of the molecule is CN1c2ccccc2C2C(=O)N3CCCC[C@H]3C21. The summed E-state index contributed by atoms with van der Waals surface area (Å²) in [4.78, 5) is 17.1. The first kappa shape index (κ1) is 10.4. The Morgan fingerprint density at radius 1 is 1.22 bits per heavy atom. The molecule has 4 rings (SSSR count). The van der Waals surface area contributed by atoms with Gasteiger partial charge in [-0.05, 0) is 30.9 Å². The van der Waals surface area contributed by atoms with Gasteiger partial charge in [0.25, 0.3) is 0 Å². The van der Waals surface area contributed by atoms with E-state index >= 15 is 0 Å². The highest BCUT2D eigenvalue weighted by Crippen LogP contribution is 2.49. The molecule has 3 nitrogen and oxygen atoms in total. The molecule has 0 bridgehead atoms. The minimum absolute atomic E-state index is 0.0919. The van der Waals surface area contributed by atoms with Gasteiger partial charge in [-0.3, -0.25) is 4.79 Å². The van der Waals surface area contributed by atoms with Gasteiger partial charge in [-0.2, -0.15) is 0 Å². The predicted octanol–water partition coefficient (Wildman–Crippen LogP) is 1.98. The van der Waals surface area contributed by atoms with E-state index in [4.69, 9.17) is 0 Å². The molecule has 1 aromatic rings. The molecular weight excluding hydrogens is 224 g/mol. The summed E-state index contributed by atoms with van der Waals surface area (Å²) in [7, 11) is 2.15. The number of benzene rings is 1. The van der Waals surface area contributed by atoms with E-state index in [2.05, 4.69) is 41.1 Å². The standard InChI is InChI=1S/C15H18N2O/c1-16-11-7-3-2-6-10(11)13-14(16)12-8-4-5-9-17(12)15(13)18/h2-3,6-7,12-14H,4-5,8-9H2,1H3/t12-,13?,14?/m0/s1. The maximum atomic E-state index is 12.6. The van der Waals surface area contributed by atoms with Gasteiger partial charge in [0.1, 0.15) is 0 Å². The fraction of sp³-hybridized carbons (Fsp3) is 0.533. The molecule has 2 fully saturated rings. The van der Waals surface area contributed by atoms with Crippen LogP contribution in [0.5, 0.6) is 0 Å². The number of amides is 1. The molecule has 0 aromatic heterocycles. The van der Waals surface area contributed by atoms with Gasteiger partial charge in [0.2, 0.25) is 5.91 Å². The van der Waals surface area contributed by atoms with Gasteiger partial charge in [-0.1, -0.05) is 18.2 Å². The van der Waals surface area contributed by atoms with Crippen molar-refractivity contribution < 1.29 is 4.79 Å². The molecule has 3 heteroatoms. The van der Waals surface area contributed by atoms with Gasteiger partial charge in [0, 0.05) is 19.3 Å². The monoisotopic (exact) mass is 242 g/mol. The second kappa shape index (κ2) is 3.50. The number of carbonyl (C=O) groups is 1. The second-order valence-corrected chi connectivity index (χ2v) is 5.73. The van der Waals surface area contributed by atoms with E-state index in [1.165, 1.54) is 30.5 Å². The van der Waals surface area contributed by atoms with Gasteiger partial charge < -0.3 is 9.80 Å². The minimum atomic E-state index is 0.0919. The molecule has 94 valence electrons. The summed E-state index contributed by atoms with van der Waals surface area (Å²) >= 11 is 0. The lowest BCUT2D eigenvalue weighted by molar-refractivity contribution is -0.130. The molecule has 18 heavy (non-hydrogen) atoms. The molecule has 1 amide bonds. The normalized spacial score (nSPS) is 33.4. The van der Waals surface area contributed by atoms with Crippen molar-refractivity contribution in [1.29, 1.82) is 0 Å². The number of likely N-dealkylation sites (N-methyl/N-ethyl adjacent to an activating group) is 1. The fourth-order valence-corrected chi connectivity index (χ4v) is 4.16. The largest absolute Gasteiger partial charge is 0.368 e. The van der Waals surface area contributed by atoms with Crippen molar-refractivity contribution in [3.8, 4) is 0 Å². The number of hydrogen-bond acceptors (Lipinski definition) is 2. The number of para-hydroxylation sites is 1. The smallest absolute Gasteiger partial charge is 0.232 e. The van der Waals surface area contributed by atoms with Crippen molar-refractivity contribution in [2.24, 2.45) is 0 Å². The highest BCUT2D eigenvalue weighted by atomic mass is 16.2. The van der Waals surface area contributed by atoms with E-state index < -0.39 is 0 Å². The van der Waals surface area contributed by atoms with E-state index in [9.17, 15) is 4.79 Å². The molecule has 3 atom stereocenters. The molecule has 3 aliphatic heterocycles. The number of hydrogen-bond donors (Lipinski definition) is 0. The quantitative estimate of drug-likeness (QED) is 0.694. The number of carbonyl (C=O) groups excluding carboxylic acids is 1. The van der Waals surface area contributed by atoms with Crippen LogP contribution in [0.25, 0.3) is 0 Å². The van der Waals surface area contributed by atoms with Crippen LogP contribution >= 0.6 is 0 Å². The van der Waals surface area contributed by atoms with Gasteiger partial charge >= 0.3 is 0 Å². The van der Waals surface area contributed by atoms with Crippen molar-refractivity contribution in [2.75, 3.05) is 18.5 Å². The fourth-order valence-electron chi connectivity index (χ4n) is 4.16. The Morgan fingerprint density at radius 2 is 2.06 bits per heavy atom. The van der Waals surface area contributed by atoms with E-state index in [0.29, 0.717) is 18.0 Å². The molecule has 3 aliphatic rings. The Morgan fingerprint density at radius 3 is 2.94 bits per heavy atom. The molecule has 0 radical (unpaired) electrons. The molecule has 0 aliphatic carbocycles. The van der Waals surface area contributed by atoms with E-state index in [1.54, 1.807) is 0 Å². The minimum Gasteiger partial charge on any atom is -0.368 e. The van der Waals surface area contributed by atoms with Crippen molar-refractivity contribution in [3.63, 3.8) is 0 Å². The summed E-state index contributed by atoms with van der Waals surface area (Å²) < 4.78 is 0. The molecule has 3 heterocycles. The lowest BCUT2D eigenvalue weighted by Crippen LogP contribution is -2.45. The van der Waals surface area contributed by atoms with Gasteiger partial charge in [0.15, 0.2) is 0 Å². The van der Waals surface area contributed by atoms with Gasteiger partial charge in [0.05, 0.1) is 18.0 Å². The van der Waals surface area contributed by atoms with Crippen LogP contribution in [0.4, 0.5) is 5.69 Å². The highest BCUT2D eigenvalue weighted by Gasteiger charge is 2.54. The predicted molar refractivity (Wildman–Crippen MR) is 70.7 cm³/mol. The molecule has 0 N–H and O–H groups in total. The van der Waals surface area contributed by atoms with E-state index in [-0.39, 0.29) is 5.92 Å². The Labute approximate surface area is 107 Å². The Balaban J connectivity index is 1.83. The topological polar surface area (TPSA) is 23.6 Å². The average molecular weight is 242 g/mol. The van der Waals surface area contributed by atoms with E-state index in [1.807, 2.05) is 0 Å². The third-order valence-corrected chi connectivity index (χ3v) is 4.93. The lowest BCUT2D eigenvalue weighted by atomic mass is 9.92. The van der Waals surface area contributed by atoms with Crippen molar-refractivity contribution in [2.45, 2.75) is 37.3 Å². The Kier molecular flexibility index (Phi) is 2.02. The van der Waals surface area contributed by atoms with Crippen molar-refractivity contribution in [3.05, 3.63) is 29.8 Å². The maximum Gasteiger partial charge on any atom is 0.232 e. The molecular formula is C15H18N2O. The average Bonchev–Trinajstić information content (AvgIpc) is 2.87. The number of piperidine rings is 1. The zero-order valence-corrected chi connectivity index (χ0v) is 10.7. The number of anilines is 1. The maximum absolute atomic E-state index is 12.6. The van der Waals surface area contributed by atoms with Crippen LogP contribution in [0.2, 0.25) is 0 Å². The molecule has 2 saturated heterocycles. The van der Waals surface area contributed by atoms with Crippen LogP contribution in [-0.2, 0) is 4.79 Å². The lowest BCUT2D eigenvalue weighted by Gasteiger charge is -2.35. The number of nitrogens with zero attached hydrogens (tertiary/aromatic N) is 2. The first-order valence-corrected chi connectivity index (χ1v) is 6.91. The van der Waals surface area contributed by atoms with Crippen LogP contribution in [0.3, 0.4) is 0 Å².